The highest BCUT2D eigenvalue weighted by atomic mass is 19.1. The first-order chi connectivity index (χ1) is 13.4. The molecule has 0 heterocycles. The molecule has 2 aromatic rings. The minimum atomic E-state index is -0.802. The van der Waals surface area contributed by atoms with E-state index in [2.05, 4.69) is 0 Å². The Balaban J connectivity index is 2.15. The molecule has 0 aliphatic heterocycles. The lowest BCUT2D eigenvalue weighted by molar-refractivity contribution is -0.142. The number of halogens is 1. The van der Waals surface area contributed by atoms with E-state index in [1.807, 2.05) is 6.07 Å². The predicted octanol–water partition coefficient (Wildman–Crippen LogP) is 3.42. The van der Waals surface area contributed by atoms with Crippen LogP contribution in [-0.2, 0) is 19.1 Å². The lowest BCUT2D eigenvalue weighted by atomic mass is 10.1. The van der Waals surface area contributed by atoms with Gasteiger partial charge in [-0.15, -0.1) is 0 Å². The number of rotatable bonds is 7. The molecule has 0 fully saturated rings. The van der Waals surface area contributed by atoms with Crippen LogP contribution in [0.1, 0.15) is 34.8 Å². The van der Waals surface area contributed by atoms with Gasteiger partial charge in [0.25, 0.3) is 0 Å². The number of Topliss-reactive ketones (excluding diaryl/α,β-unsaturated/α-hetero) is 1. The smallest absolute Gasteiger partial charge is 0.338 e. The summed E-state index contributed by atoms with van der Waals surface area (Å²) >= 11 is 0. The third-order valence-corrected chi connectivity index (χ3v) is 3.41. The Labute approximate surface area is 160 Å². The van der Waals surface area contributed by atoms with E-state index < -0.39 is 30.8 Å². The largest absolute Gasteiger partial charge is 0.454 e. The summed E-state index contributed by atoms with van der Waals surface area (Å²) in [6.07, 6.45) is 0.968. The van der Waals surface area contributed by atoms with Crippen LogP contribution in [0.3, 0.4) is 0 Å². The maximum absolute atomic E-state index is 13.0. The van der Waals surface area contributed by atoms with Crippen LogP contribution in [0.2, 0.25) is 0 Å². The van der Waals surface area contributed by atoms with Crippen molar-refractivity contribution in [1.82, 2.24) is 0 Å². The Kier molecular flexibility index (Phi) is 7.17. The summed E-state index contributed by atoms with van der Waals surface area (Å²) in [6.45, 7) is 0.851. The van der Waals surface area contributed by atoms with Gasteiger partial charge in [0.2, 0.25) is 0 Å². The van der Waals surface area contributed by atoms with Gasteiger partial charge in [0.05, 0.1) is 17.2 Å². The number of hydrogen-bond donors (Lipinski definition) is 0. The fourth-order valence-corrected chi connectivity index (χ4v) is 2.17. The third-order valence-electron chi connectivity index (χ3n) is 3.41. The lowest BCUT2D eigenvalue weighted by Gasteiger charge is -2.10. The second-order valence-corrected chi connectivity index (χ2v) is 5.78. The van der Waals surface area contributed by atoms with E-state index in [-0.39, 0.29) is 17.1 Å². The van der Waals surface area contributed by atoms with Crippen LogP contribution in [0.15, 0.2) is 54.3 Å². The average Bonchev–Trinajstić information content (AvgIpc) is 2.67. The maximum atomic E-state index is 13.0. The molecule has 0 aliphatic carbocycles. The monoisotopic (exact) mass is 381 g/mol. The summed E-state index contributed by atoms with van der Waals surface area (Å²) in [5.74, 6) is -2.36. The van der Waals surface area contributed by atoms with E-state index in [0.29, 0.717) is 11.1 Å². The van der Waals surface area contributed by atoms with E-state index in [9.17, 15) is 18.8 Å². The Morgan fingerprint density at radius 1 is 1.14 bits per heavy atom. The highest BCUT2D eigenvalue weighted by Crippen LogP contribution is 2.13. The van der Waals surface area contributed by atoms with Gasteiger partial charge < -0.3 is 9.47 Å². The molecule has 0 atom stereocenters. The molecule has 28 heavy (non-hydrogen) atoms. The number of esters is 2. The van der Waals surface area contributed by atoms with Crippen molar-refractivity contribution in [3.05, 3.63) is 76.8 Å². The van der Waals surface area contributed by atoms with E-state index >= 15 is 0 Å². The molecule has 0 radical (unpaired) electrons. The van der Waals surface area contributed by atoms with Crippen molar-refractivity contribution in [3.8, 4) is 6.07 Å². The molecule has 0 unspecified atom stereocenters. The molecule has 0 amide bonds. The Bertz CT molecular complexity index is 958. The van der Waals surface area contributed by atoms with E-state index in [4.69, 9.17) is 14.7 Å². The Hall–Kier alpha value is -3.79. The zero-order valence-electron chi connectivity index (χ0n) is 15.0. The van der Waals surface area contributed by atoms with Crippen LogP contribution < -0.4 is 0 Å². The number of benzene rings is 2. The first-order valence-corrected chi connectivity index (χ1v) is 8.21. The van der Waals surface area contributed by atoms with Gasteiger partial charge in [-0.1, -0.05) is 18.2 Å². The normalized spacial score (nSPS) is 10.7. The zero-order chi connectivity index (χ0) is 20.5. The molecule has 0 N–H and O–H groups in total. The third kappa shape index (κ3) is 6.50. The van der Waals surface area contributed by atoms with Crippen molar-refractivity contribution < 1.29 is 28.2 Å². The summed E-state index contributed by atoms with van der Waals surface area (Å²) in [5, 5.41) is 8.89. The summed E-state index contributed by atoms with van der Waals surface area (Å²) in [6, 6.07) is 13.2. The van der Waals surface area contributed by atoms with Gasteiger partial charge in [0.1, 0.15) is 30.4 Å². The number of hydrogen-bond acceptors (Lipinski definition) is 6. The molecule has 0 aliphatic rings. The lowest BCUT2D eigenvalue weighted by Crippen LogP contribution is -2.14. The molecule has 0 spiro atoms. The van der Waals surface area contributed by atoms with Gasteiger partial charge in [0.15, 0.2) is 0 Å². The molecule has 0 saturated heterocycles. The number of ketones is 1. The van der Waals surface area contributed by atoms with E-state index in [1.54, 1.807) is 6.07 Å². The minimum Gasteiger partial charge on any atom is -0.454 e. The quantitative estimate of drug-likeness (QED) is 0.414. The number of carbonyl (C=O) groups excluding carboxylic acids is 3. The van der Waals surface area contributed by atoms with Gasteiger partial charge in [-0.3, -0.25) is 9.59 Å². The summed E-state index contributed by atoms with van der Waals surface area (Å²) in [7, 11) is 0. The van der Waals surface area contributed by atoms with E-state index in [0.717, 1.165) is 0 Å². The first-order valence-electron chi connectivity index (χ1n) is 8.21. The first kappa shape index (κ1) is 20.5. The molecule has 0 aromatic heterocycles. The van der Waals surface area contributed by atoms with Gasteiger partial charge >= 0.3 is 11.9 Å². The minimum absolute atomic E-state index is 0.0253. The molecule has 0 bridgehead atoms. The van der Waals surface area contributed by atoms with Gasteiger partial charge in [-0.2, -0.15) is 5.26 Å². The van der Waals surface area contributed by atoms with Crippen molar-refractivity contribution in [1.29, 1.82) is 5.26 Å². The molecular formula is C21H16FNO5. The van der Waals surface area contributed by atoms with Crippen molar-refractivity contribution in [2.24, 2.45) is 0 Å². The second kappa shape index (κ2) is 9.78. The zero-order valence-corrected chi connectivity index (χ0v) is 15.0. The van der Waals surface area contributed by atoms with Crippen LogP contribution >= 0.6 is 0 Å². The highest BCUT2D eigenvalue weighted by Gasteiger charge is 2.14. The fourth-order valence-electron chi connectivity index (χ4n) is 2.17. The number of nitrogens with zero attached hydrogens (tertiary/aromatic N) is 1. The van der Waals surface area contributed by atoms with Gasteiger partial charge in [-0.25, -0.2) is 9.18 Å². The van der Waals surface area contributed by atoms with Crippen LogP contribution in [0.5, 0.6) is 0 Å². The SMILES string of the molecule is CC(=O)CC(=O)O/C(=C\c1ccc(F)cc1)COC(=O)c1cccc(C#N)c1. The van der Waals surface area contributed by atoms with Crippen LogP contribution in [0.25, 0.3) is 6.08 Å². The van der Waals surface area contributed by atoms with Crippen LogP contribution in [0.4, 0.5) is 4.39 Å². The Morgan fingerprint density at radius 3 is 2.50 bits per heavy atom. The molecule has 2 rings (SSSR count). The molecule has 7 heteroatoms. The van der Waals surface area contributed by atoms with Crippen molar-refractivity contribution in [2.75, 3.05) is 6.61 Å². The molecule has 6 nitrogen and oxygen atoms in total. The number of ether oxygens (including phenoxy) is 2. The van der Waals surface area contributed by atoms with Crippen molar-refractivity contribution in [2.45, 2.75) is 13.3 Å². The van der Waals surface area contributed by atoms with Crippen molar-refractivity contribution in [3.63, 3.8) is 0 Å². The fraction of sp³-hybridized carbons (Fsp3) is 0.143. The highest BCUT2D eigenvalue weighted by molar-refractivity contribution is 5.94. The number of nitriles is 1. The second-order valence-electron chi connectivity index (χ2n) is 5.78. The molecular weight excluding hydrogens is 365 g/mol. The molecule has 0 saturated carbocycles. The van der Waals surface area contributed by atoms with Gasteiger partial charge in [0, 0.05) is 0 Å². The number of carbonyl (C=O) groups is 3. The average molecular weight is 381 g/mol. The van der Waals surface area contributed by atoms with Crippen LogP contribution in [-0.4, -0.2) is 24.3 Å². The van der Waals surface area contributed by atoms with Crippen molar-refractivity contribution >= 4 is 23.8 Å². The topological polar surface area (TPSA) is 93.5 Å². The maximum Gasteiger partial charge on any atom is 0.338 e. The Morgan fingerprint density at radius 2 is 1.86 bits per heavy atom. The van der Waals surface area contributed by atoms with Crippen LogP contribution in [0, 0.1) is 17.1 Å². The predicted molar refractivity (Wildman–Crippen MR) is 97.2 cm³/mol. The summed E-state index contributed by atoms with van der Waals surface area (Å²) in [5.41, 5.74) is 0.967. The molecule has 2 aromatic carbocycles. The van der Waals surface area contributed by atoms with E-state index in [1.165, 1.54) is 55.5 Å². The van der Waals surface area contributed by atoms with Gasteiger partial charge in [-0.05, 0) is 48.9 Å². The molecule has 142 valence electrons. The summed E-state index contributed by atoms with van der Waals surface area (Å²) in [4.78, 5) is 35.0. The standard InChI is InChI=1S/C21H16FNO5/c1-14(24)9-20(25)28-19(11-15-5-7-18(22)8-6-15)13-27-21(26)17-4-2-3-16(10-17)12-23/h2-8,10-11H,9,13H2,1H3/b19-11-. The summed E-state index contributed by atoms with van der Waals surface area (Å²) < 4.78 is 23.3.